The van der Waals surface area contributed by atoms with Crippen molar-refractivity contribution in [1.82, 2.24) is 0 Å². The summed E-state index contributed by atoms with van der Waals surface area (Å²) in [5.41, 5.74) is 0. The van der Waals surface area contributed by atoms with Crippen LogP contribution in [0.3, 0.4) is 0 Å². The predicted molar refractivity (Wildman–Crippen MR) is 57.0 cm³/mol. The van der Waals surface area contributed by atoms with E-state index in [1.165, 1.54) is 7.11 Å². The molecule has 0 amide bonds. The highest BCUT2D eigenvalue weighted by Gasteiger charge is 2.07. The van der Waals surface area contributed by atoms with Crippen LogP contribution < -0.4 is 9.47 Å². The number of halogens is 1. The monoisotopic (exact) mass is 258 g/mol. The summed E-state index contributed by atoms with van der Waals surface area (Å²) in [6.07, 6.45) is 0.345. The maximum absolute atomic E-state index is 11.2. The van der Waals surface area contributed by atoms with Gasteiger partial charge in [0.25, 0.3) is 0 Å². The molecule has 0 heterocycles. The normalized spacial score (nSPS) is 9.57. The predicted octanol–water partition coefficient (Wildman–Crippen LogP) is 2.39. The van der Waals surface area contributed by atoms with Crippen LogP contribution in [0.25, 0.3) is 0 Å². The lowest BCUT2D eigenvalue weighted by molar-refractivity contribution is -0.133. The van der Waals surface area contributed by atoms with Gasteiger partial charge in [0, 0.05) is 5.33 Å². The number of para-hydroxylation sites is 2. The first-order chi connectivity index (χ1) is 6.77. The van der Waals surface area contributed by atoms with Crippen molar-refractivity contribution in [3.63, 3.8) is 0 Å². The second-order valence-corrected chi connectivity index (χ2v) is 3.36. The third kappa shape index (κ3) is 3.03. The fourth-order valence-corrected chi connectivity index (χ4v) is 1.28. The molecular formula is C10H11BrO3. The highest BCUT2D eigenvalue weighted by Crippen LogP contribution is 2.25. The lowest BCUT2D eigenvalue weighted by atomic mass is 10.3. The molecule has 4 heteroatoms. The number of alkyl halides is 1. The molecule has 0 bridgehead atoms. The Kier molecular flexibility index (Phi) is 4.46. The molecule has 1 aromatic rings. The second kappa shape index (κ2) is 5.65. The van der Waals surface area contributed by atoms with Crippen molar-refractivity contribution >= 4 is 21.9 Å². The summed E-state index contributed by atoms with van der Waals surface area (Å²) in [5, 5.41) is 0.598. The number of esters is 1. The van der Waals surface area contributed by atoms with Crippen molar-refractivity contribution in [2.24, 2.45) is 0 Å². The Morgan fingerprint density at radius 1 is 1.36 bits per heavy atom. The van der Waals surface area contributed by atoms with E-state index >= 15 is 0 Å². The van der Waals surface area contributed by atoms with Gasteiger partial charge < -0.3 is 9.47 Å². The lowest BCUT2D eigenvalue weighted by Crippen LogP contribution is -2.08. The van der Waals surface area contributed by atoms with E-state index in [0.717, 1.165) is 0 Å². The van der Waals surface area contributed by atoms with Gasteiger partial charge in [-0.1, -0.05) is 28.1 Å². The summed E-state index contributed by atoms with van der Waals surface area (Å²) in [6, 6.07) is 7.06. The molecule has 76 valence electrons. The average Bonchev–Trinajstić information content (AvgIpc) is 2.19. The van der Waals surface area contributed by atoms with Crippen molar-refractivity contribution in [2.45, 2.75) is 6.42 Å². The zero-order valence-corrected chi connectivity index (χ0v) is 9.41. The van der Waals surface area contributed by atoms with Gasteiger partial charge >= 0.3 is 5.97 Å². The Morgan fingerprint density at radius 2 is 2.00 bits per heavy atom. The van der Waals surface area contributed by atoms with Gasteiger partial charge in [-0.2, -0.15) is 0 Å². The van der Waals surface area contributed by atoms with E-state index in [9.17, 15) is 4.79 Å². The van der Waals surface area contributed by atoms with Crippen molar-refractivity contribution < 1.29 is 14.3 Å². The van der Waals surface area contributed by atoms with Gasteiger partial charge in [-0.15, -0.1) is 0 Å². The quantitative estimate of drug-likeness (QED) is 0.473. The van der Waals surface area contributed by atoms with Gasteiger partial charge in [0.15, 0.2) is 11.5 Å². The summed E-state index contributed by atoms with van der Waals surface area (Å²) in [7, 11) is 1.54. The van der Waals surface area contributed by atoms with Crippen LogP contribution in [-0.2, 0) is 4.79 Å². The first-order valence-electron chi connectivity index (χ1n) is 4.17. The van der Waals surface area contributed by atoms with Crippen LogP contribution in [0.1, 0.15) is 6.42 Å². The molecule has 0 radical (unpaired) electrons. The van der Waals surface area contributed by atoms with Crippen molar-refractivity contribution in [2.75, 3.05) is 12.4 Å². The van der Waals surface area contributed by atoms with E-state index in [1.807, 2.05) is 6.07 Å². The van der Waals surface area contributed by atoms with E-state index < -0.39 is 0 Å². The first kappa shape index (κ1) is 11.0. The average molecular weight is 259 g/mol. The van der Waals surface area contributed by atoms with E-state index in [-0.39, 0.29) is 5.97 Å². The molecule has 14 heavy (non-hydrogen) atoms. The number of carbonyl (C=O) groups is 1. The molecular weight excluding hydrogens is 248 g/mol. The molecule has 0 aromatic heterocycles. The van der Waals surface area contributed by atoms with Gasteiger partial charge in [0.1, 0.15) is 0 Å². The van der Waals surface area contributed by atoms with Crippen LogP contribution in [-0.4, -0.2) is 18.4 Å². The smallest absolute Gasteiger partial charge is 0.312 e. The van der Waals surface area contributed by atoms with Crippen LogP contribution in [0, 0.1) is 0 Å². The van der Waals surface area contributed by atoms with Gasteiger partial charge in [0.05, 0.1) is 13.5 Å². The number of hydrogen-bond acceptors (Lipinski definition) is 3. The Bertz CT molecular complexity index is 312. The van der Waals surface area contributed by atoms with E-state index in [1.54, 1.807) is 18.2 Å². The third-order valence-electron chi connectivity index (χ3n) is 1.59. The summed E-state index contributed by atoms with van der Waals surface area (Å²) >= 11 is 3.17. The number of rotatable bonds is 4. The Labute approximate surface area is 91.1 Å². The van der Waals surface area contributed by atoms with Crippen molar-refractivity contribution in [3.8, 4) is 11.5 Å². The highest BCUT2D eigenvalue weighted by molar-refractivity contribution is 9.09. The van der Waals surface area contributed by atoms with E-state index in [4.69, 9.17) is 9.47 Å². The number of methoxy groups -OCH3 is 1. The molecule has 0 N–H and O–H groups in total. The second-order valence-electron chi connectivity index (χ2n) is 2.56. The van der Waals surface area contributed by atoms with Crippen LogP contribution in [0.5, 0.6) is 11.5 Å². The third-order valence-corrected chi connectivity index (χ3v) is 1.99. The molecule has 0 fully saturated rings. The fraction of sp³-hybridized carbons (Fsp3) is 0.300. The highest BCUT2D eigenvalue weighted by atomic mass is 79.9. The molecule has 0 saturated carbocycles. The molecule has 0 saturated heterocycles. The van der Waals surface area contributed by atoms with Gasteiger partial charge in [-0.25, -0.2) is 0 Å². The van der Waals surface area contributed by atoms with Crippen molar-refractivity contribution in [3.05, 3.63) is 24.3 Å². The standard InChI is InChI=1S/C10H11BrO3/c1-13-8-4-2-3-5-9(8)14-10(12)6-7-11/h2-5H,6-7H2,1H3. The van der Waals surface area contributed by atoms with Gasteiger partial charge in [-0.3, -0.25) is 4.79 Å². The molecule has 1 aromatic carbocycles. The summed E-state index contributed by atoms with van der Waals surface area (Å²) in [5.74, 6) is 0.753. The SMILES string of the molecule is COc1ccccc1OC(=O)CCBr. The topological polar surface area (TPSA) is 35.5 Å². The van der Waals surface area contributed by atoms with Crippen LogP contribution in [0.15, 0.2) is 24.3 Å². The van der Waals surface area contributed by atoms with E-state index in [0.29, 0.717) is 23.2 Å². The molecule has 3 nitrogen and oxygen atoms in total. The minimum atomic E-state index is -0.272. The number of benzene rings is 1. The zero-order valence-electron chi connectivity index (χ0n) is 7.83. The molecule has 1 rings (SSSR count). The molecule has 0 atom stereocenters. The molecule has 0 aliphatic rings. The lowest BCUT2D eigenvalue weighted by Gasteiger charge is -2.07. The molecule has 0 aliphatic heterocycles. The maximum Gasteiger partial charge on any atom is 0.312 e. The van der Waals surface area contributed by atoms with Crippen LogP contribution >= 0.6 is 15.9 Å². The van der Waals surface area contributed by atoms with E-state index in [2.05, 4.69) is 15.9 Å². The summed E-state index contributed by atoms with van der Waals surface area (Å²) in [4.78, 5) is 11.2. The Balaban J connectivity index is 2.70. The maximum atomic E-state index is 11.2. The zero-order chi connectivity index (χ0) is 10.4. The Morgan fingerprint density at radius 3 is 2.57 bits per heavy atom. The molecule has 0 aliphatic carbocycles. The Hall–Kier alpha value is -1.03. The van der Waals surface area contributed by atoms with Crippen molar-refractivity contribution in [1.29, 1.82) is 0 Å². The minimum Gasteiger partial charge on any atom is -0.493 e. The van der Waals surface area contributed by atoms with Gasteiger partial charge in [0.2, 0.25) is 0 Å². The first-order valence-corrected chi connectivity index (χ1v) is 5.29. The number of carbonyl (C=O) groups excluding carboxylic acids is 1. The molecule has 0 spiro atoms. The van der Waals surface area contributed by atoms with Crippen LogP contribution in [0.2, 0.25) is 0 Å². The fourth-order valence-electron chi connectivity index (χ4n) is 0.954. The number of hydrogen-bond donors (Lipinski definition) is 0. The summed E-state index contributed by atoms with van der Waals surface area (Å²) < 4.78 is 10.1. The molecule has 0 unspecified atom stereocenters. The minimum absolute atomic E-state index is 0.272. The van der Waals surface area contributed by atoms with Crippen LogP contribution in [0.4, 0.5) is 0 Å². The largest absolute Gasteiger partial charge is 0.493 e. The number of ether oxygens (including phenoxy) is 2. The van der Waals surface area contributed by atoms with Gasteiger partial charge in [-0.05, 0) is 12.1 Å². The summed E-state index contributed by atoms with van der Waals surface area (Å²) in [6.45, 7) is 0.